The molecular weight excluding hydrogens is 306 g/mol. The van der Waals surface area contributed by atoms with Gasteiger partial charge in [-0.2, -0.15) is 0 Å². The third-order valence-corrected chi connectivity index (χ3v) is 4.53. The number of hydrogen-bond acceptors (Lipinski definition) is 3. The fourth-order valence-corrected chi connectivity index (χ4v) is 3.08. The van der Waals surface area contributed by atoms with Crippen molar-refractivity contribution in [1.29, 1.82) is 0 Å². The van der Waals surface area contributed by atoms with Crippen molar-refractivity contribution in [1.82, 2.24) is 5.32 Å². The van der Waals surface area contributed by atoms with Gasteiger partial charge in [-0.05, 0) is 31.7 Å². The van der Waals surface area contributed by atoms with E-state index in [-0.39, 0.29) is 17.9 Å². The molecule has 3 atom stereocenters. The summed E-state index contributed by atoms with van der Waals surface area (Å²) in [6.45, 7) is 4.64. The highest BCUT2D eigenvalue weighted by Gasteiger charge is 2.34. The van der Waals surface area contributed by atoms with E-state index in [1.807, 2.05) is 38.1 Å². The Kier molecular flexibility index (Phi) is 6.79. The van der Waals surface area contributed by atoms with E-state index >= 15 is 0 Å². The fourth-order valence-electron chi connectivity index (χ4n) is 3.08. The largest absolute Gasteiger partial charge is 0.480 e. The minimum absolute atomic E-state index is 0.219. The van der Waals surface area contributed by atoms with E-state index in [1.54, 1.807) is 0 Å². The molecule has 5 heteroatoms. The van der Waals surface area contributed by atoms with Gasteiger partial charge < -0.3 is 15.2 Å². The van der Waals surface area contributed by atoms with E-state index in [0.717, 1.165) is 30.4 Å². The molecular formula is C19H27NO4. The molecule has 1 fully saturated rings. The first-order valence-corrected chi connectivity index (χ1v) is 8.74. The number of benzene rings is 1. The second-order valence-electron chi connectivity index (χ2n) is 6.49. The van der Waals surface area contributed by atoms with Gasteiger partial charge in [-0.15, -0.1) is 0 Å². The van der Waals surface area contributed by atoms with Crippen molar-refractivity contribution in [3.63, 3.8) is 0 Å². The number of ether oxygens (including phenoxy) is 1. The molecule has 0 spiro atoms. The zero-order chi connectivity index (χ0) is 17.5. The normalized spacial score (nSPS) is 21.9. The van der Waals surface area contributed by atoms with Crippen LogP contribution >= 0.6 is 0 Å². The van der Waals surface area contributed by atoms with Crippen molar-refractivity contribution in [3.05, 3.63) is 35.4 Å². The summed E-state index contributed by atoms with van der Waals surface area (Å²) in [5, 5.41) is 12.0. The maximum absolute atomic E-state index is 12.7. The molecule has 0 aliphatic carbocycles. The van der Waals surface area contributed by atoms with Crippen LogP contribution in [0.4, 0.5) is 0 Å². The van der Waals surface area contributed by atoms with Crippen LogP contribution in [-0.2, 0) is 14.3 Å². The Hall–Kier alpha value is -1.88. The molecule has 1 aromatic rings. The third-order valence-electron chi connectivity index (χ3n) is 4.53. The quantitative estimate of drug-likeness (QED) is 0.803. The third kappa shape index (κ3) is 4.81. The molecule has 1 heterocycles. The number of carboxylic acids is 1. The van der Waals surface area contributed by atoms with Crippen LogP contribution in [-0.4, -0.2) is 29.6 Å². The van der Waals surface area contributed by atoms with Crippen molar-refractivity contribution in [2.75, 3.05) is 6.61 Å². The highest BCUT2D eigenvalue weighted by atomic mass is 16.5. The Balaban J connectivity index is 2.09. The lowest BCUT2D eigenvalue weighted by Crippen LogP contribution is -2.46. The number of unbranched alkanes of at least 4 members (excludes halogenated alkanes) is 1. The number of carbonyl (C=O) groups excluding carboxylic acids is 1. The first-order chi connectivity index (χ1) is 11.5. The van der Waals surface area contributed by atoms with E-state index in [0.29, 0.717) is 19.4 Å². The van der Waals surface area contributed by atoms with Gasteiger partial charge in [-0.25, -0.2) is 4.79 Å². The van der Waals surface area contributed by atoms with Gasteiger partial charge in [0.05, 0.1) is 12.0 Å². The number of aryl methyl sites for hydroxylation is 1. The van der Waals surface area contributed by atoms with Crippen LogP contribution in [0.3, 0.4) is 0 Å². The van der Waals surface area contributed by atoms with E-state index in [2.05, 4.69) is 5.32 Å². The van der Waals surface area contributed by atoms with E-state index in [1.165, 1.54) is 0 Å². The van der Waals surface area contributed by atoms with Crippen LogP contribution in [0.25, 0.3) is 0 Å². The lowest BCUT2D eigenvalue weighted by molar-refractivity contribution is -0.145. The molecule has 2 N–H and O–H groups in total. The maximum Gasteiger partial charge on any atom is 0.326 e. The molecule has 1 aliphatic heterocycles. The van der Waals surface area contributed by atoms with E-state index in [9.17, 15) is 14.7 Å². The summed E-state index contributed by atoms with van der Waals surface area (Å²) in [4.78, 5) is 24.0. The lowest BCUT2D eigenvalue weighted by atomic mass is 9.88. The van der Waals surface area contributed by atoms with Crippen LogP contribution in [0.1, 0.15) is 56.3 Å². The lowest BCUT2D eigenvalue weighted by Gasteiger charge is -2.32. The summed E-state index contributed by atoms with van der Waals surface area (Å²) >= 11 is 0. The predicted octanol–water partition coefficient (Wildman–Crippen LogP) is 3.22. The monoisotopic (exact) mass is 333 g/mol. The van der Waals surface area contributed by atoms with Gasteiger partial charge in [0, 0.05) is 6.61 Å². The van der Waals surface area contributed by atoms with Gasteiger partial charge in [0.15, 0.2) is 0 Å². The molecule has 1 saturated heterocycles. The number of aliphatic carboxylic acids is 1. The topological polar surface area (TPSA) is 75.6 Å². The second kappa shape index (κ2) is 8.83. The van der Waals surface area contributed by atoms with Crippen LogP contribution in [0.2, 0.25) is 0 Å². The number of nitrogens with one attached hydrogen (secondary N) is 1. The van der Waals surface area contributed by atoms with Gasteiger partial charge in [0.25, 0.3) is 0 Å². The van der Waals surface area contributed by atoms with E-state index in [4.69, 9.17) is 4.74 Å². The molecule has 5 nitrogen and oxygen atoms in total. The van der Waals surface area contributed by atoms with Crippen LogP contribution in [0, 0.1) is 12.8 Å². The summed E-state index contributed by atoms with van der Waals surface area (Å²) in [7, 11) is 0. The van der Waals surface area contributed by atoms with Gasteiger partial charge >= 0.3 is 5.97 Å². The molecule has 1 amide bonds. The van der Waals surface area contributed by atoms with Gasteiger partial charge in [0.1, 0.15) is 6.04 Å². The Labute approximate surface area is 143 Å². The zero-order valence-corrected chi connectivity index (χ0v) is 14.5. The van der Waals surface area contributed by atoms with E-state index < -0.39 is 12.0 Å². The van der Waals surface area contributed by atoms with Crippen molar-refractivity contribution < 1.29 is 19.4 Å². The van der Waals surface area contributed by atoms with Crippen molar-refractivity contribution in [2.45, 2.75) is 58.1 Å². The number of carbonyl (C=O) groups is 2. The first-order valence-electron chi connectivity index (χ1n) is 8.74. The summed E-state index contributed by atoms with van der Waals surface area (Å²) in [5.74, 6) is -1.53. The summed E-state index contributed by atoms with van der Waals surface area (Å²) in [6.07, 6.45) is 3.36. The smallest absolute Gasteiger partial charge is 0.326 e. The molecule has 24 heavy (non-hydrogen) atoms. The van der Waals surface area contributed by atoms with Crippen molar-refractivity contribution in [3.8, 4) is 0 Å². The molecule has 0 aromatic heterocycles. The minimum Gasteiger partial charge on any atom is -0.480 e. The summed E-state index contributed by atoms with van der Waals surface area (Å²) in [6, 6.07) is 7.15. The fraction of sp³-hybridized carbons (Fsp3) is 0.579. The first kappa shape index (κ1) is 18.5. The molecule has 0 bridgehead atoms. The van der Waals surface area contributed by atoms with Gasteiger partial charge in [-0.3, -0.25) is 4.79 Å². The average Bonchev–Trinajstić information content (AvgIpc) is 2.59. The Bertz CT molecular complexity index is 555. The number of amides is 1. The van der Waals surface area contributed by atoms with Crippen molar-refractivity contribution >= 4 is 11.9 Å². The highest BCUT2D eigenvalue weighted by Crippen LogP contribution is 2.34. The predicted molar refractivity (Wildman–Crippen MR) is 91.7 cm³/mol. The number of carboxylic acid groups (broad SMARTS) is 1. The molecule has 2 rings (SSSR count). The molecule has 0 radical (unpaired) electrons. The van der Waals surface area contributed by atoms with Crippen LogP contribution in [0.5, 0.6) is 0 Å². The highest BCUT2D eigenvalue weighted by molar-refractivity contribution is 5.85. The van der Waals surface area contributed by atoms with Crippen LogP contribution < -0.4 is 5.32 Å². The molecule has 2 unspecified atom stereocenters. The SMILES string of the molecule is CCCC[C@H](NC(=O)C1CCCOC1c1ccc(C)cc1)C(=O)O. The zero-order valence-electron chi connectivity index (χ0n) is 14.5. The second-order valence-corrected chi connectivity index (χ2v) is 6.49. The minimum atomic E-state index is -0.972. The van der Waals surface area contributed by atoms with Crippen LogP contribution in [0.15, 0.2) is 24.3 Å². The average molecular weight is 333 g/mol. The molecule has 132 valence electrons. The summed E-state index contributed by atoms with van der Waals surface area (Å²) in [5.41, 5.74) is 2.13. The maximum atomic E-state index is 12.7. The Morgan fingerprint density at radius 3 is 2.67 bits per heavy atom. The standard InChI is InChI=1S/C19H27NO4/c1-3-4-7-16(19(22)23)20-18(21)15-6-5-12-24-17(15)14-10-8-13(2)9-11-14/h8-11,15-17H,3-7,12H2,1-2H3,(H,20,21)(H,22,23)/t15?,16-,17?/m0/s1. The number of rotatable bonds is 7. The Morgan fingerprint density at radius 1 is 1.33 bits per heavy atom. The Morgan fingerprint density at radius 2 is 2.04 bits per heavy atom. The summed E-state index contributed by atoms with van der Waals surface area (Å²) < 4.78 is 5.85. The molecule has 1 aliphatic rings. The number of hydrogen-bond donors (Lipinski definition) is 2. The molecule has 1 aromatic carbocycles. The van der Waals surface area contributed by atoms with Gasteiger partial charge in [0.2, 0.25) is 5.91 Å². The van der Waals surface area contributed by atoms with Gasteiger partial charge in [-0.1, -0.05) is 49.6 Å². The molecule has 0 saturated carbocycles. The van der Waals surface area contributed by atoms with Crippen molar-refractivity contribution in [2.24, 2.45) is 5.92 Å².